The Morgan fingerprint density at radius 1 is 1.22 bits per heavy atom. The largest absolute Gasteiger partial charge is 0.381 e. The number of amides is 1. The summed E-state index contributed by atoms with van der Waals surface area (Å²) >= 11 is 0. The van der Waals surface area contributed by atoms with Gasteiger partial charge in [-0.1, -0.05) is 32.1 Å². The first kappa shape index (κ1) is 13.8. The zero-order chi connectivity index (χ0) is 12.8. The second-order valence-corrected chi connectivity index (χ2v) is 5.82. The maximum atomic E-state index is 11.9. The molecule has 1 aliphatic carbocycles. The highest BCUT2D eigenvalue weighted by atomic mass is 16.5. The summed E-state index contributed by atoms with van der Waals surface area (Å²) in [6.07, 6.45) is 8.36. The minimum absolute atomic E-state index is 0.0208. The molecule has 0 aromatic heterocycles. The fourth-order valence-electron chi connectivity index (χ4n) is 3.01. The smallest absolute Gasteiger partial charge is 0.236 e. The van der Waals surface area contributed by atoms with E-state index >= 15 is 0 Å². The van der Waals surface area contributed by atoms with E-state index in [9.17, 15) is 4.79 Å². The molecule has 4 nitrogen and oxygen atoms in total. The number of hydrogen-bond acceptors (Lipinski definition) is 3. The van der Waals surface area contributed by atoms with Crippen LogP contribution in [0.4, 0.5) is 0 Å². The molecule has 1 saturated heterocycles. The van der Waals surface area contributed by atoms with Crippen molar-refractivity contribution >= 4 is 5.91 Å². The Balaban J connectivity index is 1.63. The molecule has 1 heterocycles. The first-order chi connectivity index (χ1) is 8.75. The third-order valence-electron chi connectivity index (χ3n) is 4.24. The maximum absolute atomic E-state index is 11.9. The van der Waals surface area contributed by atoms with E-state index in [1.807, 2.05) is 0 Å². The molecule has 2 rings (SSSR count). The van der Waals surface area contributed by atoms with Gasteiger partial charge in [0.05, 0.1) is 12.6 Å². The molecule has 2 fully saturated rings. The van der Waals surface area contributed by atoms with Crippen LogP contribution in [0, 0.1) is 11.8 Å². The standard InChI is InChI=1S/C14H26N2O2/c15-13(8-11-4-2-1-3-5-11)14(17)16-9-12-6-7-18-10-12/h11-13H,1-10,15H2,(H,16,17). The molecule has 1 aliphatic heterocycles. The van der Waals surface area contributed by atoms with Gasteiger partial charge in [-0.25, -0.2) is 0 Å². The third kappa shape index (κ3) is 4.25. The monoisotopic (exact) mass is 254 g/mol. The lowest BCUT2D eigenvalue weighted by Gasteiger charge is -2.24. The lowest BCUT2D eigenvalue weighted by atomic mass is 9.85. The summed E-state index contributed by atoms with van der Waals surface area (Å²) in [6.45, 7) is 2.32. The van der Waals surface area contributed by atoms with Gasteiger partial charge in [-0.05, 0) is 18.8 Å². The van der Waals surface area contributed by atoms with Crippen LogP contribution in [0.25, 0.3) is 0 Å². The molecule has 3 N–H and O–H groups in total. The second kappa shape index (κ2) is 7.10. The van der Waals surface area contributed by atoms with E-state index in [1.165, 1.54) is 32.1 Å². The molecule has 0 radical (unpaired) electrons. The van der Waals surface area contributed by atoms with Gasteiger partial charge in [0.2, 0.25) is 5.91 Å². The summed E-state index contributed by atoms with van der Waals surface area (Å²) in [5.74, 6) is 1.16. The number of nitrogens with two attached hydrogens (primary N) is 1. The quantitative estimate of drug-likeness (QED) is 0.780. The van der Waals surface area contributed by atoms with Crippen molar-refractivity contribution in [2.24, 2.45) is 17.6 Å². The summed E-state index contributed by atoms with van der Waals surface area (Å²) in [6, 6.07) is -0.324. The molecule has 18 heavy (non-hydrogen) atoms. The summed E-state index contributed by atoms with van der Waals surface area (Å²) in [4.78, 5) is 11.9. The molecular weight excluding hydrogens is 228 g/mol. The van der Waals surface area contributed by atoms with Crippen molar-refractivity contribution < 1.29 is 9.53 Å². The summed E-state index contributed by atoms with van der Waals surface area (Å²) < 4.78 is 5.29. The molecule has 2 unspecified atom stereocenters. The van der Waals surface area contributed by atoms with Crippen LogP contribution < -0.4 is 11.1 Å². The van der Waals surface area contributed by atoms with Crippen LogP contribution in [-0.4, -0.2) is 31.7 Å². The molecular formula is C14H26N2O2. The third-order valence-corrected chi connectivity index (χ3v) is 4.24. The van der Waals surface area contributed by atoms with E-state index in [0.717, 1.165) is 32.6 Å². The minimum Gasteiger partial charge on any atom is -0.381 e. The molecule has 104 valence electrons. The fraction of sp³-hybridized carbons (Fsp3) is 0.929. The predicted molar refractivity (Wildman–Crippen MR) is 71.1 cm³/mol. The molecule has 4 heteroatoms. The van der Waals surface area contributed by atoms with Gasteiger partial charge in [0.1, 0.15) is 0 Å². The summed E-state index contributed by atoms with van der Waals surface area (Å²) in [5.41, 5.74) is 5.99. The van der Waals surface area contributed by atoms with Gasteiger partial charge in [0.15, 0.2) is 0 Å². The van der Waals surface area contributed by atoms with Crippen LogP contribution in [0.1, 0.15) is 44.9 Å². The van der Waals surface area contributed by atoms with Gasteiger partial charge in [-0.3, -0.25) is 4.79 Å². The van der Waals surface area contributed by atoms with Crippen molar-refractivity contribution in [1.82, 2.24) is 5.32 Å². The van der Waals surface area contributed by atoms with Gasteiger partial charge in [-0.15, -0.1) is 0 Å². The second-order valence-electron chi connectivity index (χ2n) is 5.82. The van der Waals surface area contributed by atoms with Crippen LogP contribution in [0.15, 0.2) is 0 Å². The summed E-state index contributed by atoms with van der Waals surface area (Å²) in [7, 11) is 0. The van der Waals surface area contributed by atoms with Gasteiger partial charge in [0, 0.05) is 19.1 Å². The number of rotatable bonds is 5. The van der Waals surface area contributed by atoms with Gasteiger partial charge < -0.3 is 15.8 Å². The molecule has 0 aromatic rings. The number of carbonyl (C=O) groups is 1. The Hall–Kier alpha value is -0.610. The summed E-state index contributed by atoms with van der Waals surface area (Å²) in [5, 5.41) is 2.97. The Kier molecular flexibility index (Phi) is 5.45. The maximum Gasteiger partial charge on any atom is 0.236 e. The Labute approximate surface area is 110 Å². The molecule has 2 atom stereocenters. The predicted octanol–water partition coefficient (Wildman–Crippen LogP) is 1.44. The Morgan fingerprint density at radius 3 is 2.67 bits per heavy atom. The van der Waals surface area contributed by atoms with Crippen molar-refractivity contribution in [2.45, 2.75) is 51.0 Å². The Bertz CT molecular complexity index is 259. The fourth-order valence-corrected chi connectivity index (χ4v) is 3.01. The van der Waals surface area contributed by atoms with Crippen molar-refractivity contribution in [2.75, 3.05) is 19.8 Å². The van der Waals surface area contributed by atoms with Crippen LogP contribution in [-0.2, 0) is 9.53 Å². The van der Waals surface area contributed by atoms with Crippen LogP contribution >= 0.6 is 0 Å². The number of hydrogen-bond donors (Lipinski definition) is 2. The molecule has 0 aromatic carbocycles. The molecule has 0 bridgehead atoms. The average Bonchev–Trinajstić information content (AvgIpc) is 2.90. The van der Waals surface area contributed by atoms with E-state index in [2.05, 4.69) is 5.32 Å². The lowest BCUT2D eigenvalue weighted by molar-refractivity contribution is -0.123. The van der Waals surface area contributed by atoms with Gasteiger partial charge in [-0.2, -0.15) is 0 Å². The zero-order valence-corrected chi connectivity index (χ0v) is 11.2. The average molecular weight is 254 g/mol. The van der Waals surface area contributed by atoms with Crippen LogP contribution in [0.3, 0.4) is 0 Å². The highest BCUT2D eigenvalue weighted by molar-refractivity contribution is 5.81. The first-order valence-corrected chi connectivity index (χ1v) is 7.36. The van der Waals surface area contributed by atoms with E-state index < -0.39 is 0 Å². The molecule has 0 spiro atoms. The Morgan fingerprint density at radius 2 is 2.00 bits per heavy atom. The highest BCUT2D eigenvalue weighted by Gasteiger charge is 2.22. The van der Waals surface area contributed by atoms with E-state index in [4.69, 9.17) is 10.5 Å². The lowest BCUT2D eigenvalue weighted by Crippen LogP contribution is -2.43. The minimum atomic E-state index is -0.324. The molecule has 1 saturated carbocycles. The zero-order valence-electron chi connectivity index (χ0n) is 11.2. The van der Waals surface area contributed by atoms with E-state index in [-0.39, 0.29) is 11.9 Å². The first-order valence-electron chi connectivity index (χ1n) is 7.36. The topological polar surface area (TPSA) is 64.4 Å². The van der Waals surface area contributed by atoms with Crippen molar-refractivity contribution in [3.63, 3.8) is 0 Å². The normalized spacial score (nSPS) is 27.1. The number of carbonyl (C=O) groups excluding carboxylic acids is 1. The highest BCUT2D eigenvalue weighted by Crippen LogP contribution is 2.26. The molecule has 2 aliphatic rings. The van der Waals surface area contributed by atoms with Gasteiger partial charge in [0.25, 0.3) is 0 Å². The SMILES string of the molecule is NC(CC1CCCCC1)C(=O)NCC1CCOC1. The van der Waals surface area contributed by atoms with Gasteiger partial charge >= 0.3 is 0 Å². The molecule has 1 amide bonds. The number of ether oxygens (including phenoxy) is 1. The van der Waals surface area contributed by atoms with Crippen molar-refractivity contribution in [3.8, 4) is 0 Å². The van der Waals surface area contributed by atoms with E-state index in [0.29, 0.717) is 11.8 Å². The van der Waals surface area contributed by atoms with Crippen molar-refractivity contribution in [1.29, 1.82) is 0 Å². The van der Waals surface area contributed by atoms with Crippen molar-refractivity contribution in [3.05, 3.63) is 0 Å². The van der Waals surface area contributed by atoms with E-state index in [1.54, 1.807) is 0 Å². The van der Waals surface area contributed by atoms with Crippen LogP contribution in [0.2, 0.25) is 0 Å². The number of nitrogens with one attached hydrogen (secondary N) is 1. The van der Waals surface area contributed by atoms with Crippen LogP contribution in [0.5, 0.6) is 0 Å².